The van der Waals surface area contributed by atoms with Crippen LogP contribution in [-0.2, 0) is 10.0 Å². The lowest BCUT2D eigenvalue weighted by molar-refractivity contribution is 0.574. The number of sulfonamides is 1. The number of unbranched alkanes of at least 4 members (excludes halogenated alkanes) is 3. The molecule has 2 aromatic rings. The molecule has 0 atom stereocenters. The number of alkyl halides is 1. The molecule has 1 aromatic carbocycles. The van der Waals surface area contributed by atoms with E-state index in [0.29, 0.717) is 22.7 Å². The van der Waals surface area contributed by atoms with E-state index < -0.39 is 10.0 Å². The predicted molar refractivity (Wildman–Crippen MR) is 86.1 cm³/mol. The molecule has 0 unspecified atom stereocenters. The van der Waals surface area contributed by atoms with E-state index >= 15 is 0 Å². The van der Waals surface area contributed by atoms with Crippen molar-refractivity contribution in [3.8, 4) is 0 Å². The fourth-order valence-electron chi connectivity index (χ4n) is 2.18. The summed E-state index contributed by atoms with van der Waals surface area (Å²) in [4.78, 5) is 4.32. The van der Waals surface area contributed by atoms with Gasteiger partial charge in [-0.1, -0.05) is 25.0 Å². The molecular weight excluding hydrogens is 308 g/mol. The maximum atomic E-state index is 12.4. The number of halogens is 1. The van der Waals surface area contributed by atoms with E-state index in [4.69, 9.17) is 11.6 Å². The molecule has 4 nitrogen and oxygen atoms in total. The van der Waals surface area contributed by atoms with Crippen molar-refractivity contribution in [2.24, 2.45) is 0 Å². The number of aromatic nitrogens is 1. The Balaban J connectivity index is 2.05. The Morgan fingerprint density at radius 3 is 2.71 bits per heavy atom. The van der Waals surface area contributed by atoms with Gasteiger partial charge in [-0.3, -0.25) is 4.98 Å². The summed E-state index contributed by atoms with van der Waals surface area (Å²) in [7, 11) is -3.48. The van der Waals surface area contributed by atoms with Crippen LogP contribution in [0, 0.1) is 0 Å². The maximum Gasteiger partial charge on any atom is 0.241 e. The van der Waals surface area contributed by atoms with E-state index in [0.717, 1.165) is 31.1 Å². The Hall–Kier alpha value is -1.17. The highest BCUT2D eigenvalue weighted by atomic mass is 35.5. The first kappa shape index (κ1) is 16.2. The molecule has 0 saturated heterocycles. The Labute approximate surface area is 130 Å². The van der Waals surface area contributed by atoms with Crippen LogP contribution in [0.5, 0.6) is 0 Å². The number of hydrogen-bond acceptors (Lipinski definition) is 3. The van der Waals surface area contributed by atoms with Crippen molar-refractivity contribution >= 4 is 32.4 Å². The lowest BCUT2D eigenvalue weighted by Crippen LogP contribution is -2.25. The lowest BCUT2D eigenvalue weighted by Gasteiger charge is -2.09. The van der Waals surface area contributed by atoms with Gasteiger partial charge in [0, 0.05) is 35.6 Å². The molecular formula is C15H19ClN2O2S. The summed E-state index contributed by atoms with van der Waals surface area (Å²) in [5, 5.41) is 1.52. The molecule has 1 aromatic heterocycles. The van der Waals surface area contributed by atoms with Gasteiger partial charge in [0.1, 0.15) is 0 Å². The van der Waals surface area contributed by atoms with E-state index in [2.05, 4.69) is 9.71 Å². The standard InChI is InChI=1S/C15H19ClN2O2S/c16-9-3-1-2-4-10-18-21(19,20)15-7-5-6-13-12-17-11-8-14(13)15/h5-8,11-12,18H,1-4,9-10H2. The van der Waals surface area contributed by atoms with E-state index in [1.165, 1.54) is 0 Å². The summed E-state index contributed by atoms with van der Waals surface area (Å²) in [5.41, 5.74) is 0. The molecule has 21 heavy (non-hydrogen) atoms. The van der Waals surface area contributed by atoms with Gasteiger partial charge >= 0.3 is 0 Å². The van der Waals surface area contributed by atoms with Crippen LogP contribution >= 0.6 is 11.6 Å². The van der Waals surface area contributed by atoms with Crippen molar-refractivity contribution < 1.29 is 8.42 Å². The van der Waals surface area contributed by atoms with Crippen LogP contribution in [0.15, 0.2) is 41.6 Å². The second kappa shape index (κ2) is 7.73. The molecule has 6 heteroatoms. The molecule has 0 spiro atoms. The van der Waals surface area contributed by atoms with Crippen molar-refractivity contribution in [3.63, 3.8) is 0 Å². The SMILES string of the molecule is O=S(=O)(NCCCCCCCl)c1cccc2cnccc12. The van der Waals surface area contributed by atoms with E-state index in [9.17, 15) is 8.42 Å². The first-order valence-electron chi connectivity index (χ1n) is 7.03. The Kier molecular flexibility index (Phi) is 5.96. The van der Waals surface area contributed by atoms with Crippen LogP contribution in [-0.4, -0.2) is 25.8 Å². The molecule has 114 valence electrons. The molecule has 0 saturated carbocycles. The van der Waals surface area contributed by atoms with Crippen LogP contribution in [0.1, 0.15) is 25.7 Å². The highest BCUT2D eigenvalue weighted by Crippen LogP contribution is 2.21. The highest BCUT2D eigenvalue weighted by Gasteiger charge is 2.16. The van der Waals surface area contributed by atoms with Gasteiger partial charge in [-0.05, 0) is 25.0 Å². The van der Waals surface area contributed by atoms with Crippen molar-refractivity contribution in [2.75, 3.05) is 12.4 Å². The zero-order valence-corrected chi connectivity index (χ0v) is 13.3. The van der Waals surface area contributed by atoms with Gasteiger partial charge in [0.25, 0.3) is 0 Å². The first-order chi connectivity index (χ1) is 10.1. The minimum Gasteiger partial charge on any atom is -0.264 e. The number of fused-ring (bicyclic) bond motifs is 1. The number of pyridine rings is 1. The number of nitrogens with one attached hydrogen (secondary N) is 1. The fourth-order valence-corrected chi connectivity index (χ4v) is 3.68. The van der Waals surface area contributed by atoms with Crippen LogP contribution in [0.25, 0.3) is 10.8 Å². The lowest BCUT2D eigenvalue weighted by atomic mass is 10.2. The minimum atomic E-state index is -3.48. The first-order valence-corrected chi connectivity index (χ1v) is 9.05. The van der Waals surface area contributed by atoms with Crippen LogP contribution < -0.4 is 4.72 Å². The summed E-state index contributed by atoms with van der Waals surface area (Å²) in [6.07, 6.45) is 7.08. The molecule has 0 fully saturated rings. The molecule has 1 N–H and O–H groups in total. The summed E-state index contributed by atoms with van der Waals surface area (Å²) >= 11 is 5.61. The summed E-state index contributed by atoms with van der Waals surface area (Å²) in [6.45, 7) is 0.450. The smallest absolute Gasteiger partial charge is 0.241 e. The summed E-state index contributed by atoms with van der Waals surface area (Å²) in [5.74, 6) is 0.662. The summed E-state index contributed by atoms with van der Waals surface area (Å²) in [6, 6.07) is 6.94. The van der Waals surface area contributed by atoms with Crippen molar-refractivity contribution in [1.82, 2.24) is 9.71 Å². The summed E-state index contributed by atoms with van der Waals surface area (Å²) < 4.78 is 27.4. The maximum absolute atomic E-state index is 12.4. The normalized spacial score (nSPS) is 11.9. The van der Waals surface area contributed by atoms with Gasteiger partial charge < -0.3 is 0 Å². The number of rotatable bonds is 8. The zero-order valence-electron chi connectivity index (χ0n) is 11.8. The molecule has 0 bridgehead atoms. The van der Waals surface area contributed by atoms with Gasteiger partial charge in [0.2, 0.25) is 10.0 Å². The van der Waals surface area contributed by atoms with Gasteiger partial charge in [0.05, 0.1) is 4.90 Å². The quantitative estimate of drug-likeness (QED) is 0.598. The van der Waals surface area contributed by atoms with Gasteiger partial charge in [-0.25, -0.2) is 13.1 Å². The van der Waals surface area contributed by atoms with E-state index in [1.807, 2.05) is 6.07 Å². The van der Waals surface area contributed by atoms with E-state index in [1.54, 1.807) is 30.6 Å². The average Bonchev–Trinajstić information content (AvgIpc) is 2.50. The second-order valence-corrected chi connectivity index (χ2v) is 6.97. The fraction of sp³-hybridized carbons (Fsp3) is 0.400. The molecule has 0 radical (unpaired) electrons. The van der Waals surface area contributed by atoms with Crippen molar-refractivity contribution in [1.29, 1.82) is 0 Å². The van der Waals surface area contributed by atoms with Crippen LogP contribution in [0.3, 0.4) is 0 Å². The third kappa shape index (κ3) is 4.40. The average molecular weight is 327 g/mol. The highest BCUT2D eigenvalue weighted by molar-refractivity contribution is 7.89. The van der Waals surface area contributed by atoms with Gasteiger partial charge in [0.15, 0.2) is 0 Å². The number of nitrogens with zero attached hydrogens (tertiary/aromatic N) is 1. The van der Waals surface area contributed by atoms with Crippen LogP contribution in [0.4, 0.5) is 0 Å². The van der Waals surface area contributed by atoms with Crippen LogP contribution in [0.2, 0.25) is 0 Å². The predicted octanol–water partition coefficient (Wildman–Crippen LogP) is 3.31. The molecule has 0 aliphatic carbocycles. The number of hydrogen-bond donors (Lipinski definition) is 1. The molecule has 0 aliphatic rings. The molecule has 0 aliphatic heterocycles. The molecule has 0 amide bonds. The Bertz CT molecular complexity index is 684. The minimum absolute atomic E-state index is 0.308. The molecule has 1 heterocycles. The third-order valence-corrected chi connectivity index (χ3v) is 5.07. The van der Waals surface area contributed by atoms with Crippen molar-refractivity contribution in [2.45, 2.75) is 30.6 Å². The topological polar surface area (TPSA) is 59.1 Å². The largest absolute Gasteiger partial charge is 0.264 e. The number of benzene rings is 1. The Morgan fingerprint density at radius 1 is 1.10 bits per heavy atom. The van der Waals surface area contributed by atoms with Gasteiger partial charge in [-0.2, -0.15) is 0 Å². The van der Waals surface area contributed by atoms with Gasteiger partial charge in [-0.15, -0.1) is 11.6 Å². The zero-order chi connectivity index (χ0) is 15.1. The monoisotopic (exact) mass is 326 g/mol. The second-order valence-electron chi connectivity index (χ2n) is 4.85. The van der Waals surface area contributed by atoms with Crippen molar-refractivity contribution in [3.05, 3.63) is 36.7 Å². The molecule has 2 rings (SSSR count). The van der Waals surface area contributed by atoms with E-state index in [-0.39, 0.29) is 0 Å². The Morgan fingerprint density at radius 2 is 1.90 bits per heavy atom. The third-order valence-electron chi connectivity index (χ3n) is 3.28.